The van der Waals surface area contributed by atoms with Crippen molar-refractivity contribution in [3.05, 3.63) is 65.2 Å². The summed E-state index contributed by atoms with van der Waals surface area (Å²) in [4.78, 5) is 12.5. The molecule has 0 spiro atoms. The highest BCUT2D eigenvalue weighted by Gasteiger charge is 2.13. The maximum absolute atomic E-state index is 12.5. The van der Waals surface area contributed by atoms with Crippen molar-refractivity contribution >= 4 is 32.2 Å². The molecule has 0 fully saturated rings. The molecule has 0 saturated carbocycles. The highest BCUT2D eigenvalue weighted by atomic mass is 32.2. The number of amides is 1. The average Bonchev–Trinajstić information content (AvgIpc) is 3.09. The molecule has 3 rings (SSSR count). The summed E-state index contributed by atoms with van der Waals surface area (Å²) in [6, 6.07) is 14.7. The molecule has 8 heteroatoms. The minimum absolute atomic E-state index is 0.108. The van der Waals surface area contributed by atoms with E-state index in [1.54, 1.807) is 24.3 Å². The molecule has 0 bridgehead atoms. The standard InChI is InChI=1S/C20H21N3O3S2/c1-13(2)15-7-9-16(10-8-15)19-22-23-20(27-19)21-18(24)17-6-4-5-14(11-17)12-28(3,25)26/h4-11,13H,12H2,1-3H3,(H,21,23,24). The van der Waals surface area contributed by atoms with E-state index in [1.807, 2.05) is 12.1 Å². The lowest BCUT2D eigenvalue weighted by Crippen LogP contribution is -2.12. The van der Waals surface area contributed by atoms with E-state index in [-0.39, 0.29) is 11.7 Å². The van der Waals surface area contributed by atoms with E-state index >= 15 is 0 Å². The van der Waals surface area contributed by atoms with Gasteiger partial charge in [0.15, 0.2) is 9.84 Å². The van der Waals surface area contributed by atoms with Crippen LogP contribution in [-0.2, 0) is 15.6 Å². The lowest BCUT2D eigenvalue weighted by molar-refractivity contribution is 0.102. The van der Waals surface area contributed by atoms with Crippen LogP contribution in [0.4, 0.5) is 5.13 Å². The van der Waals surface area contributed by atoms with E-state index in [9.17, 15) is 13.2 Å². The van der Waals surface area contributed by atoms with Gasteiger partial charge >= 0.3 is 0 Å². The second-order valence-electron chi connectivity index (χ2n) is 6.91. The SMILES string of the molecule is CC(C)c1ccc(-c2nnc(NC(=O)c3cccc(CS(C)(=O)=O)c3)s2)cc1. The van der Waals surface area contributed by atoms with E-state index < -0.39 is 9.84 Å². The number of aromatic nitrogens is 2. The van der Waals surface area contributed by atoms with Crippen LogP contribution in [0.15, 0.2) is 48.5 Å². The number of anilines is 1. The Morgan fingerprint density at radius 2 is 1.82 bits per heavy atom. The average molecular weight is 416 g/mol. The predicted molar refractivity (Wildman–Crippen MR) is 112 cm³/mol. The topological polar surface area (TPSA) is 89.0 Å². The zero-order valence-electron chi connectivity index (χ0n) is 15.8. The van der Waals surface area contributed by atoms with Crippen molar-refractivity contribution in [2.24, 2.45) is 0 Å². The molecular formula is C20H21N3O3S2. The van der Waals surface area contributed by atoms with Gasteiger partial charge in [-0.3, -0.25) is 10.1 Å². The van der Waals surface area contributed by atoms with Gasteiger partial charge in [0.2, 0.25) is 5.13 Å². The van der Waals surface area contributed by atoms with Gasteiger partial charge in [0.1, 0.15) is 5.01 Å². The number of sulfone groups is 1. The van der Waals surface area contributed by atoms with Gasteiger partial charge in [-0.15, -0.1) is 10.2 Å². The van der Waals surface area contributed by atoms with Crippen LogP contribution in [-0.4, -0.2) is 30.8 Å². The number of rotatable bonds is 6. The van der Waals surface area contributed by atoms with Crippen LogP contribution >= 0.6 is 11.3 Å². The van der Waals surface area contributed by atoms with Gasteiger partial charge in [-0.2, -0.15) is 0 Å². The van der Waals surface area contributed by atoms with Crippen molar-refractivity contribution in [2.75, 3.05) is 11.6 Å². The summed E-state index contributed by atoms with van der Waals surface area (Å²) in [6.07, 6.45) is 1.16. The van der Waals surface area contributed by atoms with Crippen LogP contribution in [0.25, 0.3) is 10.6 Å². The first-order valence-electron chi connectivity index (χ1n) is 8.73. The maximum atomic E-state index is 12.5. The first-order valence-corrected chi connectivity index (χ1v) is 11.6. The van der Waals surface area contributed by atoms with Crippen molar-refractivity contribution in [1.82, 2.24) is 10.2 Å². The molecule has 0 atom stereocenters. The van der Waals surface area contributed by atoms with Crippen molar-refractivity contribution in [1.29, 1.82) is 0 Å². The Balaban J connectivity index is 1.73. The number of benzene rings is 2. The number of hydrogen-bond acceptors (Lipinski definition) is 6. The minimum Gasteiger partial charge on any atom is -0.296 e. The van der Waals surface area contributed by atoms with Crippen LogP contribution < -0.4 is 5.32 Å². The van der Waals surface area contributed by atoms with Crippen LogP contribution in [0.2, 0.25) is 0 Å². The molecule has 0 radical (unpaired) electrons. The van der Waals surface area contributed by atoms with Crippen LogP contribution in [0.3, 0.4) is 0 Å². The molecule has 0 unspecified atom stereocenters. The van der Waals surface area contributed by atoms with Crippen molar-refractivity contribution in [3.8, 4) is 10.6 Å². The fourth-order valence-corrected chi connectivity index (χ4v) is 4.20. The van der Waals surface area contributed by atoms with Gasteiger partial charge < -0.3 is 0 Å². The quantitative estimate of drug-likeness (QED) is 0.654. The molecule has 28 heavy (non-hydrogen) atoms. The van der Waals surface area contributed by atoms with Gasteiger partial charge in [0.25, 0.3) is 5.91 Å². The first-order chi connectivity index (χ1) is 13.2. The summed E-state index contributed by atoms with van der Waals surface area (Å²) >= 11 is 1.29. The lowest BCUT2D eigenvalue weighted by atomic mass is 10.0. The second kappa shape index (κ2) is 8.20. The molecule has 0 aliphatic carbocycles. The van der Waals surface area contributed by atoms with E-state index in [2.05, 4.69) is 41.5 Å². The Morgan fingerprint density at radius 3 is 2.46 bits per heavy atom. The molecule has 2 aromatic carbocycles. The smallest absolute Gasteiger partial charge is 0.257 e. The number of nitrogens with zero attached hydrogens (tertiary/aromatic N) is 2. The molecule has 1 amide bonds. The lowest BCUT2D eigenvalue weighted by Gasteiger charge is -2.05. The molecule has 1 aromatic heterocycles. The number of carbonyl (C=O) groups is 1. The molecule has 146 valence electrons. The Kier molecular flexibility index (Phi) is 5.90. The number of nitrogens with one attached hydrogen (secondary N) is 1. The predicted octanol–water partition coefficient (Wildman–Crippen LogP) is 4.13. The fraction of sp³-hybridized carbons (Fsp3) is 0.250. The van der Waals surface area contributed by atoms with Crippen molar-refractivity contribution < 1.29 is 13.2 Å². The summed E-state index contributed by atoms with van der Waals surface area (Å²) in [7, 11) is -3.17. The molecule has 6 nitrogen and oxygen atoms in total. The highest BCUT2D eigenvalue weighted by Crippen LogP contribution is 2.28. The largest absolute Gasteiger partial charge is 0.296 e. The van der Waals surface area contributed by atoms with E-state index in [0.717, 1.165) is 16.8 Å². The van der Waals surface area contributed by atoms with Crippen molar-refractivity contribution in [3.63, 3.8) is 0 Å². The van der Waals surface area contributed by atoms with Gasteiger partial charge in [0.05, 0.1) is 5.75 Å². The van der Waals surface area contributed by atoms with Gasteiger partial charge in [-0.25, -0.2) is 8.42 Å². The van der Waals surface area contributed by atoms with E-state index in [0.29, 0.717) is 22.2 Å². The Morgan fingerprint density at radius 1 is 1.11 bits per heavy atom. The number of carbonyl (C=O) groups excluding carboxylic acids is 1. The van der Waals surface area contributed by atoms with E-state index in [1.165, 1.54) is 16.9 Å². The normalized spacial score (nSPS) is 11.6. The molecule has 1 N–H and O–H groups in total. The first kappa shape index (κ1) is 20.2. The summed E-state index contributed by atoms with van der Waals surface area (Å²) in [6.45, 7) is 4.27. The minimum atomic E-state index is -3.17. The summed E-state index contributed by atoms with van der Waals surface area (Å²) in [5, 5.41) is 12.0. The Hall–Kier alpha value is -2.58. The van der Waals surface area contributed by atoms with Gasteiger partial charge in [-0.05, 0) is 29.2 Å². The van der Waals surface area contributed by atoms with Gasteiger partial charge in [0, 0.05) is 17.4 Å². The Labute approximate surface area is 168 Å². The Bertz CT molecular complexity index is 1090. The molecule has 3 aromatic rings. The molecule has 0 aliphatic rings. The van der Waals surface area contributed by atoms with Crippen LogP contribution in [0.1, 0.15) is 41.3 Å². The molecule has 0 saturated heterocycles. The maximum Gasteiger partial charge on any atom is 0.257 e. The van der Waals surface area contributed by atoms with Crippen LogP contribution in [0, 0.1) is 0 Å². The summed E-state index contributed by atoms with van der Waals surface area (Å²) in [5.74, 6) is -0.00585. The fourth-order valence-electron chi connectivity index (χ4n) is 2.68. The third-order valence-corrected chi connectivity index (χ3v) is 5.83. The molecule has 0 aliphatic heterocycles. The number of hydrogen-bond donors (Lipinski definition) is 1. The van der Waals surface area contributed by atoms with Crippen molar-refractivity contribution in [2.45, 2.75) is 25.5 Å². The zero-order chi connectivity index (χ0) is 20.3. The van der Waals surface area contributed by atoms with Crippen LogP contribution in [0.5, 0.6) is 0 Å². The summed E-state index contributed by atoms with van der Waals surface area (Å²) in [5.41, 5.74) is 3.13. The van der Waals surface area contributed by atoms with E-state index in [4.69, 9.17) is 0 Å². The zero-order valence-corrected chi connectivity index (χ0v) is 17.5. The molecule has 1 heterocycles. The summed E-state index contributed by atoms with van der Waals surface area (Å²) < 4.78 is 22.9. The monoisotopic (exact) mass is 415 g/mol. The third-order valence-electron chi connectivity index (χ3n) is 4.09. The van der Waals surface area contributed by atoms with Gasteiger partial charge in [-0.1, -0.05) is 61.6 Å². The second-order valence-corrected chi connectivity index (χ2v) is 10.0. The molecular weight excluding hydrogens is 394 g/mol. The highest BCUT2D eigenvalue weighted by molar-refractivity contribution is 7.89. The third kappa shape index (κ3) is 5.24.